The zero-order valence-corrected chi connectivity index (χ0v) is 25.4. The number of nitrogens with one attached hydrogen (secondary N) is 1. The van der Waals surface area contributed by atoms with E-state index in [9.17, 15) is 8.42 Å². The quantitative estimate of drug-likeness (QED) is 0.245. The monoisotopic (exact) mass is 595 g/mol. The Bertz CT molecular complexity index is 1690. The summed E-state index contributed by atoms with van der Waals surface area (Å²) in [7, 11) is 0.547. The van der Waals surface area contributed by atoms with Gasteiger partial charge in [-0.05, 0) is 77.4 Å². The third-order valence-corrected chi connectivity index (χ3v) is 10.1. The second-order valence-corrected chi connectivity index (χ2v) is 13.3. The second kappa shape index (κ2) is 12.0. The van der Waals surface area contributed by atoms with Crippen molar-refractivity contribution in [2.45, 2.75) is 68.7 Å². The number of hydrogen-bond acceptors (Lipinski definition) is 7. The number of pyridine rings is 1. The van der Waals surface area contributed by atoms with E-state index in [1.807, 2.05) is 6.92 Å². The van der Waals surface area contributed by atoms with Crippen molar-refractivity contribution in [3.05, 3.63) is 76.5 Å². The van der Waals surface area contributed by atoms with Crippen molar-refractivity contribution in [1.82, 2.24) is 19.9 Å². The number of aryl methyl sites for hydroxylation is 2. The predicted molar refractivity (Wildman–Crippen MR) is 163 cm³/mol. The Labute approximate surface area is 246 Å². The Kier molecular flexibility index (Phi) is 8.59. The van der Waals surface area contributed by atoms with E-state index in [4.69, 9.17) is 16.6 Å². The van der Waals surface area contributed by atoms with Gasteiger partial charge in [-0.1, -0.05) is 36.7 Å². The van der Waals surface area contributed by atoms with E-state index in [0.717, 1.165) is 31.1 Å². The zero-order chi connectivity index (χ0) is 29.3. The molecule has 5 rings (SSSR count). The van der Waals surface area contributed by atoms with E-state index in [2.05, 4.69) is 34.3 Å². The summed E-state index contributed by atoms with van der Waals surface area (Å²) in [6.07, 6.45) is 6.52. The van der Waals surface area contributed by atoms with Crippen LogP contribution in [0.1, 0.15) is 49.6 Å². The second-order valence-electron chi connectivity index (χ2n) is 10.9. The maximum Gasteiger partial charge on any atom is 0.223 e. The Balaban J connectivity index is 1.42. The topological polar surface area (TPSA) is 88.1 Å². The Morgan fingerprint density at radius 3 is 2.44 bits per heavy atom. The Morgan fingerprint density at radius 2 is 1.78 bits per heavy atom. The van der Waals surface area contributed by atoms with Crippen molar-refractivity contribution in [2.75, 3.05) is 19.4 Å². The minimum atomic E-state index is -3.70. The molecule has 0 radical (unpaired) electrons. The van der Waals surface area contributed by atoms with Gasteiger partial charge in [0.05, 0.1) is 26.9 Å². The smallest absolute Gasteiger partial charge is 0.223 e. The first-order chi connectivity index (χ1) is 19.6. The lowest BCUT2D eigenvalue weighted by atomic mass is 9.90. The molecule has 1 aliphatic rings. The predicted octanol–water partition coefficient (Wildman–Crippen LogP) is 6.61. The van der Waals surface area contributed by atoms with Crippen LogP contribution in [-0.2, 0) is 22.0 Å². The fourth-order valence-corrected chi connectivity index (χ4v) is 7.52. The summed E-state index contributed by atoms with van der Waals surface area (Å²) in [5.41, 5.74) is 3.00. The molecule has 41 heavy (non-hydrogen) atoms. The SMILES string of the molecule is CCc1c(F)c(-c2ccc(CS(=O)(=O)c3ccccc3Cl)nc2C)cc2cnc(NC3CCC(N(C)C)CC3)nc12. The minimum Gasteiger partial charge on any atom is -0.351 e. The largest absolute Gasteiger partial charge is 0.351 e. The van der Waals surface area contributed by atoms with Crippen LogP contribution in [0.15, 0.2) is 53.6 Å². The van der Waals surface area contributed by atoms with Gasteiger partial charge in [-0.2, -0.15) is 0 Å². The van der Waals surface area contributed by atoms with Crippen molar-refractivity contribution >= 4 is 38.3 Å². The molecule has 1 saturated carbocycles. The number of nitrogens with zero attached hydrogens (tertiary/aromatic N) is 4. The molecule has 2 aromatic heterocycles. The lowest BCUT2D eigenvalue weighted by Gasteiger charge is -2.33. The van der Waals surface area contributed by atoms with Gasteiger partial charge in [0.25, 0.3) is 0 Å². The first-order valence-electron chi connectivity index (χ1n) is 13.9. The highest BCUT2D eigenvalue weighted by Crippen LogP contribution is 2.34. The molecule has 0 aliphatic heterocycles. The van der Waals surface area contributed by atoms with E-state index in [-0.39, 0.29) is 21.5 Å². The Hall–Kier alpha value is -3.14. The molecule has 7 nitrogen and oxygen atoms in total. The summed E-state index contributed by atoms with van der Waals surface area (Å²) in [6.45, 7) is 3.66. The van der Waals surface area contributed by atoms with Crippen molar-refractivity contribution in [3.63, 3.8) is 0 Å². The van der Waals surface area contributed by atoms with E-state index in [1.165, 1.54) is 6.07 Å². The van der Waals surface area contributed by atoms with Crippen LogP contribution < -0.4 is 5.32 Å². The molecular formula is C31H35ClFN5O2S. The number of sulfone groups is 1. The molecular weight excluding hydrogens is 561 g/mol. The molecule has 0 bridgehead atoms. The van der Waals surface area contributed by atoms with Crippen LogP contribution in [0.5, 0.6) is 0 Å². The highest BCUT2D eigenvalue weighted by molar-refractivity contribution is 7.90. The number of rotatable bonds is 8. The molecule has 1 N–H and O–H groups in total. The highest BCUT2D eigenvalue weighted by atomic mass is 35.5. The van der Waals surface area contributed by atoms with Crippen LogP contribution in [0.2, 0.25) is 5.02 Å². The molecule has 0 saturated heterocycles. The zero-order valence-electron chi connectivity index (χ0n) is 23.8. The first-order valence-corrected chi connectivity index (χ1v) is 16.0. The molecule has 1 fully saturated rings. The van der Waals surface area contributed by atoms with Crippen LogP contribution in [0.4, 0.5) is 10.3 Å². The average molecular weight is 596 g/mol. The molecule has 0 atom stereocenters. The van der Waals surface area contributed by atoms with Gasteiger partial charge in [0.15, 0.2) is 9.84 Å². The normalized spacial score (nSPS) is 17.7. The molecule has 4 aromatic rings. The summed E-state index contributed by atoms with van der Waals surface area (Å²) in [6, 6.07) is 12.3. The van der Waals surface area contributed by atoms with Gasteiger partial charge in [-0.15, -0.1) is 0 Å². The van der Waals surface area contributed by atoms with Crippen LogP contribution >= 0.6 is 11.6 Å². The van der Waals surface area contributed by atoms with Crippen LogP contribution in [-0.4, -0.2) is 54.4 Å². The number of benzene rings is 2. The van der Waals surface area contributed by atoms with Crippen molar-refractivity contribution in [2.24, 2.45) is 0 Å². The van der Waals surface area contributed by atoms with E-state index >= 15 is 4.39 Å². The molecule has 216 valence electrons. The molecule has 2 aromatic carbocycles. The Morgan fingerprint density at radius 1 is 1.05 bits per heavy atom. The highest BCUT2D eigenvalue weighted by Gasteiger charge is 2.24. The van der Waals surface area contributed by atoms with Gasteiger partial charge < -0.3 is 10.2 Å². The first kappa shape index (κ1) is 29.4. The van der Waals surface area contributed by atoms with Crippen molar-refractivity contribution < 1.29 is 12.8 Å². The van der Waals surface area contributed by atoms with E-state index in [0.29, 0.717) is 58.0 Å². The molecule has 0 amide bonds. The number of fused-ring (bicyclic) bond motifs is 1. The van der Waals surface area contributed by atoms with Crippen molar-refractivity contribution in [3.8, 4) is 11.1 Å². The fourth-order valence-electron chi connectivity index (χ4n) is 5.68. The maximum absolute atomic E-state index is 16.0. The van der Waals surface area contributed by atoms with Crippen LogP contribution in [0.25, 0.3) is 22.0 Å². The van der Waals surface area contributed by atoms with Gasteiger partial charge in [0, 0.05) is 46.1 Å². The summed E-state index contributed by atoms with van der Waals surface area (Å²) < 4.78 is 41.9. The third-order valence-electron chi connectivity index (χ3n) is 7.96. The van der Waals surface area contributed by atoms with E-state index in [1.54, 1.807) is 49.5 Å². The van der Waals surface area contributed by atoms with Gasteiger partial charge in [-0.3, -0.25) is 4.98 Å². The maximum atomic E-state index is 16.0. The third kappa shape index (κ3) is 6.22. The van der Waals surface area contributed by atoms with Gasteiger partial charge in [-0.25, -0.2) is 22.8 Å². The standard InChI is InChI=1S/C31H35ClFN5O2S/c1-5-24-29(33)26(16-20-17-34-31(37-30(20)24)36-21-10-13-23(14-11-21)38(3)4)25-15-12-22(35-19(25)2)18-41(39,40)28-9-7-6-8-27(28)32/h6-9,12,15-17,21,23H,5,10-11,13-14,18H2,1-4H3,(H,34,36,37). The summed E-state index contributed by atoms with van der Waals surface area (Å²) in [4.78, 5) is 16.2. The molecule has 1 aliphatic carbocycles. The molecule has 0 spiro atoms. The van der Waals surface area contributed by atoms with Crippen LogP contribution in [0, 0.1) is 12.7 Å². The average Bonchev–Trinajstić information content (AvgIpc) is 2.93. The fraction of sp³-hybridized carbons (Fsp3) is 0.387. The lowest BCUT2D eigenvalue weighted by molar-refractivity contribution is 0.221. The van der Waals surface area contributed by atoms with Crippen LogP contribution in [0.3, 0.4) is 0 Å². The van der Waals surface area contributed by atoms with Gasteiger partial charge in [0.1, 0.15) is 5.82 Å². The number of aromatic nitrogens is 3. The molecule has 2 heterocycles. The minimum absolute atomic E-state index is 0.0634. The van der Waals surface area contributed by atoms with Gasteiger partial charge >= 0.3 is 0 Å². The summed E-state index contributed by atoms with van der Waals surface area (Å²) in [5.74, 6) is -0.134. The van der Waals surface area contributed by atoms with Crippen molar-refractivity contribution in [1.29, 1.82) is 0 Å². The van der Waals surface area contributed by atoms with E-state index < -0.39 is 9.84 Å². The summed E-state index contributed by atoms with van der Waals surface area (Å²) >= 11 is 6.12. The van der Waals surface area contributed by atoms with Gasteiger partial charge in [0.2, 0.25) is 5.95 Å². The number of hydrogen-bond donors (Lipinski definition) is 1. The molecule has 0 unspecified atom stereocenters. The lowest BCUT2D eigenvalue weighted by Crippen LogP contribution is -2.36. The number of anilines is 1. The summed E-state index contributed by atoms with van der Waals surface area (Å²) in [5, 5.41) is 4.38. The number of halogens is 2. The molecule has 10 heteroatoms.